The molecule has 2 aliphatic carbocycles. The number of primary amides is 1. The molecule has 1 atom stereocenters. The topological polar surface area (TPSA) is 269 Å². The number of piperidine rings is 3. The molecule has 6 aromatic rings. The third-order valence-electron chi connectivity index (χ3n) is 21.1. The summed E-state index contributed by atoms with van der Waals surface area (Å²) in [5.41, 5.74) is 8.51. The van der Waals surface area contributed by atoms with Gasteiger partial charge in [-0.2, -0.15) is 18.3 Å². The number of amides is 6. The van der Waals surface area contributed by atoms with Crippen molar-refractivity contribution in [2.45, 2.75) is 140 Å². The van der Waals surface area contributed by atoms with Gasteiger partial charge in [-0.25, -0.2) is 15.0 Å². The van der Waals surface area contributed by atoms with Crippen LogP contribution in [0.3, 0.4) is 0 Å². The molecule has 6 aliphatic heterocycles. The van der Waals surface area contributed by atoms with E-state index in [4.69, 9.17) is 15.8 Å². The summed E-state index contributed by atoms with van der Waals surface area (Å²) in [4.78, 5) is 103. The van der Waals surface area contributed by atoms with Gasteiger partial charge in [0.05, 0.1) is 45.9 Å². The number of aliphatic hydroxyl groups is 1. The van der Waals surface area contributed by atoms with Gasteiger partial charge in [-0.05, 0) is 188 Å². The van der Waals surface area contributed by atoms with E-state index in [0.717, 1.165) is 169 Å². The second-order valence-corrected chi connectivity index (χ2v) is 28.1. The molecule has 494 valence electrons. The summed E-state index contributed by atoms with van der Waals surface area (Å²) in [5.74, 6) is -1.04. The third-order valence-corrected chi connectivity index (χ3v) is 21.1. The lowest BCUT2D eigenvalue weighted by molar-refractivity contribution is -0.141. The average Bonchev–Trinajstić information content (AvgIpc) is 1.35. The monoisotopic (exact) mass is 1290 g/mol. The van der Waals surface area contributed by atoms with Crippen LogP contribution < -0.4 is 36.8 Å². The van der Waals surface area contributed by atoms with Crippen molar-refractivity contribution in [2.24, 2.45) is 23.0 Å². The SMILES string of the molecule is CC(C)(O)c1cc2nn(C3CCC(CN4CC5(CC(CCNc6c(N7CC(N8CCC(c9ccc(Nc%10nc(N%11CCCCC%11)cnc%10C(N)=O)cc9)CC8)C7)ccc7c6C(=O)N(C6CCC(=O)NC6=O)C7=O)C5)C4)CC3)cc2cc1NC(=O)c1cccc(C(F)(F)F)n1. The number of imide groups is 2. The fourth-order valence-electron chi connectivity index (χ4n) is 16.2. The van der Waals surface area contributed by atoms with Crippen LogP contribution in [0.4, 0.5) is 47.6 Å². The van der Waals surface area contributed by atoms with Crippen LogP contribution in [0.5, 0.6) is 0 Å². The number of nitrogens with two attached hydrogens (primary N) is 1. The molecule has 3 aromatic heterocycles. The van der Waals surface area contributed by atoms with Crippen LogP contribution in [0.2, 0.25) is 0 Å². The van der Waals surface area contributed by atoms with Crippen molar-refractivity contribution >= 4 is 80.7 Å². The second-order valence-electron chi connectivity index (χ2n) is 28.1. The van der Waals surface area contributed by atoms with Crippen LogP contribution in [-0.2, 0) is 21.4 Å². The predicted molar refractivity (Wildman–Crippen MR) is 347 cm³/mol. The number of hydrogen-bond donors (Lipinski definition) is 6. The summed E-state index contributed by atoms with van der Waals surface area (Å²) in [5, 5.41) is 28.8. The maximum Gasteiger partial charge on any atom is 0.433 e. The molecule has 14 rings (SSSR count). The number of pyridine rings is 1. The molecule has 2 saturated carbocycles. The highest BCUT2D eigenvalue weighted by atomic mass is 19.4. The minimum absolute atomic E-state index is 0.0395. The number of carbonyl (C=O) groups is 6. The van der Waals surface area contributed by atoms with E-state index >= 15 is 0 Å². The Hall–Kier alpha value is -8.55. The Labute approximate surface area is 542 Å². The Balaban J connectivity index is 0.563. The molecule has 0 bridgehead atoms. The molecular formula is C69H80F3N15O7. The smallest absolute Gasteiger partial charge is 0.386 e. The standard InChI is InChI=1S/C69H80F3N15O7/c1-67(2,94)49-30-51-44(29-52(49)78-63(90)50-7-6-8-55(77-50)69(70,71)72)35-86(81-51)46-15-9-40(10-16-46)34-82-38-68(39-82)31-41(32-68)21-24-74-59-53(18-17-48-58(59)66(93)87(65(48)92)54-19-20-57(88)80-64(54)91)85-36-47(37-85)83-27-22-43(23-28-83)42-11-13-45(14-12-42)76-62-60(61(73)89)75-33-56(79-62)84-25-4-3-5-26-84/h6-8,11-14,17-18,29-30,33,35,40-41,43,46-47,54,74,94H,3-5,9-10,15-16,19-28,31-32,34,36-39H2,1-2H3,(H2,73,89)(H,76,79)(H,78,90)(H,80,88,91). The molecule has 7 fully saturated rings. The van der Waals surface area contributed by atoms with E-state index in [0.29, 0.717) is 58.3 Å². The van der Waals surface area contributed by atoms with Crippen molar-refractivity contribution in [1.29, 1.82) is 0 Å². The van der Waals surface area contributed by atoms with Crippen molar-refractivity contribution in [3.05, 3.63) is 118 Å². The zero-order chi connectivity index (χ0) is 65.4. The van der Waals surface area contributed by atoms with Gasteiger partial charge in [-0.1, -0.05) is 18.2 Å². The molecule has 5 saturated heterocycles. The number of aromatic nitrogens is 5. The molecule has 1 spiro atoms. The fourth-order valence-corrected chi connectivity index (χ4v) is 16.2. The van der Waals surface area contributed by atoms with Crippen molar-refractivity contribution in [2.75, 3.05) is 91.2 Å². The van der Waals surface area contributed by atoms with Crippen LogP contribution in [0.25, 0.3) is 10.9 Å². The first-order chi connectivity index (χ1) is 45.1. The first kappa shape index (κ1) is 62.9. The first-order valence-electron chi connectivity index (χ1n) is 33.3. The van der Waals surface area contributed by atoms with Gasteiger partial charge in [0.2, 0.25) is 11.8 Å². The molecule has 7 N–H and O–H groups in total. The van der Waals surface area contributed by atoms with Crippen LogP contribution in [0.15, 0.2) is 79.1 Å². The van der Waals surface area contributed by atoms with E-state index in [1.54, 1.807) is 38.2 Å². The highest BCUT2D eigenvalue weighted by Gasteiger charge is 2.52. The lowest BCUT2D eigenvalue weighted by atomic mass is 9.57. The fraction of sp³-hybridized carbons (Fsp3) is 0.507. The third kappa shape index (κ3) is 12.6. The maximum atomic E-state index is 14.5. The summed E-state index contributed by atoms with van der Waals surface area (Å²) < 4.78 is 42.2. The number of fused-ring (bicyclic) bond motifs is 2. The van der Waals surface area contributed by atoms with Crippen molar-refractivity contribution in [3.63, 3.8) is 0 Å². The maximum absolute atomic E-state index is 14.5. The Kier molecular flexibility index (Phi) is 16.7. The van der Waals surface area contributed by atoms with Crippen LogP contribution in [0.1, 0.15) is 174 Å². The van der Waals surface area contributed by atoms with Crippen molar-refractivity contribution in [1.82, 2.24) is 44.7 Å². The number of alkyl halides is 3. The summed E-state index contributed by atoms with van der Waals surface area (Å²) in [6.45, 7) is 12.1. The molecule has 22 nitrogen and oxygen atoms in total. The normalized spacial score (nSPS) is 22.4. The number of benzene rings is 3. The minimum atomic E-state index is -4.71. The average molecular weight is 1290 g/mol. The zero-order valence-corrected chi connectivity index (χ0v) is 53.0. The molecule has 94 heavy (non-hydrogen) atoms. The van der Waals surface area contributed by atoms with Gasteiger partial charge in [-0.3, -0.25) is 48.6 Å². The number of carbonyl (C=O) groups excluding carboxylic acids is 6. The molecule has 8 aliphatic rings. The number of likely N-dealkylation sites (tertiary alicyclic amines) is 2. The number of nitrogens with one attached hydrogen (secondary N) is 4. The Morgan fingerprint density at radius 3 is 2.27 bits per heavy atom. The number of hydrogen-bond acceptors (Lipinski definition) is 17. The van der Waals surface area contributed by atoms with Gasteiger partial charge >= 0.3 is 6.18 Å². The first-order valence-corrected chi connectivity index (χ1v) is 33.3. The van der Waals surface area contributed by atoms with Crippen LogP contribution in [-0.4, -0.2) is 158 Å². The number of rotatable bonds is 18. The van der Waals surface area contributed by atoms with Crippen molar-refractivity contribution < 1.29 is 47.0 Å². The molecule has 1 unspecified atom stereocenters. The van der Waals surface area contributed by atoms with E-state index in [2.05, 4.69) is 63.0 Å². The Bertz CT molecular complexity index is 3940. The summed E-state index contributed by atoms with van der Waals surface area (Å²) in [7, 11) is 0. The van der Waals surface area contributed by atoms with E-state index in [-0.39, 0.29) is 41.4 Å². The van der Waals surface area contributed by atoms with Crippen LogP contribution >= 0.6 is 0 Å². The largest absolute Gasteiger partial charge is 0.433 e. The summed E-state index contributed by atoms with van der Waals surface area (Å²) in [6, 6.07) is 18.0. The summed E-state index contributed by atoms with van der Waals surface area (Å²) >= 11 is 0. The van der Waals surface area contributed by atoms with E-state index in [1.165, 1.54) is 18.1 Å². The molecular weight excluding hydrogens is 1210 g/mol. The molecule has 0 radical (unpaired) electrons. The van der Waals surface area contributed by atoms with Gasteiger partial charge in [0.15, 0.2) is 11.5 Å². The van der Waals surface area contributed by atoms with Crippen LogP contribution in [0, 0.1) is 17.3 Å². The summed E-state index contributed by atoms with van der Waals surface area (Å²) in [6.07, 6.45) is 11.5. The zero-order valence-electron chi connectivity index (χ0n) is 53.0. The minimum Gasteiger partial charge on any atom is -0.386 e. The van der Waals surface area contributed by atoms with E-state index in [9.17, 15) is 47.0 Å². The van der Waals surface area contributed by atoms with Gasteiger partial charge in [0.25, 0.3) is 23.6 Å². The molecule has 25 heteroatoms. The number of halogens is 3. The highest BCUT2D eigenvalue weighted by molar-refractivity contribution is 6.26. The number of nitrogens with zero attached hydrogens (tertiary/aromatic N) is 10. The Morgan fingerprint density at radius 1 is 0.819 bits per heavy atom. The lowest BCUT2D eigenvalue weighted by Crippen LogP contribution is -2.63. The second kappa shape index (κ2) is 25.0. The predicted octanol–water partition coefficient (Wildman–Crippen LogP) is 8.97. The quantitative estimate of drug-likeness (QED) is 0.0438. The van der Waals surface area contributed by atoms with Gasteiger partial charge in [-0.15, -0.1) is 0 Å². The number of anilines is 6. The van der Waals surface area contributed by atoms with E-state index < -0.39 is 64.7 Å². The van der Waals surface area contributed by atoms with Gasteiger partial charge < -0.3 is 41.5 Å². The molecule has 3 aromatic carbocycles. The van der Waals surface area contributed by atoms with Crippen molar-refractivity contribution in [3.8, 4) is 0 Å². The highest BCUT2D eigenvalue weighted by Crippen LogP contribution is 2.54. The van der Waals surface area contributed by atoms with E-state index in [1.807, 2.05) is 29.1 Å². The Morgan fingerprint density at radius 2 is 1.56 bits per heavy atom. The van der Waals surface area contributed by atoms with Gasteiger partial charge in [0.1, 0.15) is 23.2 Å². The lowest BCUT2D eigenvalue weighted by Gasteiger charge is -2.60. The molecule has 6 amide bonds. The van der Waals surface area contributed by atoms with Gasteiger partial charge in [0, 0.05) is 93.3 Å². The molecule has 9 heterocycles.